The number of nitrogens with zero attached hydrogens (tertiary/aromatic N) is 3. The highest BCUT2D eigenvalue weighted by molar-refractivity contribution is 5.82. The molecule has 1 heterocycles. The molecule has 0 unspecified atom stereocenters. The fourth-order valence-electron chi connectivity index (χ4n) is 2.79. The van der Waals surface area contributed by atoms with Crippen LogP contribution in [0.25, 0.3) is 28.0 Å². The molecule has 4 nitrogen and oxygen atoms in total. The van der Waals surface area contributed by atoms with E-state index in [1.54, 1.807) is 6.07 Å². The first-order valence-electron chi connectivity index (χ1n) is 8.19. The van der Waals surface area contributed by atoms with E-state index < -0.39 is 0 Å². The molecule has 4 heteroatoms. The molecule has 1 aromatic heterocycles. The predicted octanol–water partition coefficient (Wildman–Crippen LogP) is 4.58. The van der Waals surface area contributed by atoms with E-state index in [0.29, 0.717) is 11.2 Å². The number of rotatable bonds is 2. The summed E-state index contributed by atoms with van der Waals surface area (Å²) in [7, 11) is 0. The van der Waals surface area contributed by atoms with E-state index in [0.717, 1.165) is 16.8 Å². The van der Waals surface area contributed by atoms with Gasteiger partial charge in [-0.3, -0.25) is 9.36 Å². The average Bonchev–Trinajstić information content (AvgIpc) is 2.70. The van der Waals surface area contributed by atoms with Gasteiger partial charge in [0.05, 0.1) is 17.0 Å². The second-order valence-electron chi connectivity index (χ2n) is 5.52. The molecular weight excluding hydrogens is 322 g/mol. The highest BCUT2D eigenvalue weighted by atomic mass is 16.1. The number of nitriles is 1. The lowest BCUT2D eigenvalue weighted by Crippen LogP contribution is -2.15. The lowest BCUT2D eigenvalue weighted by Gasteiger charge is -2.16. The van der Waals surface area contributed by atoms with Gasteiger partial charge in [0.15, 0.2) is 0 Å². The van der Waals surface area contributed by atoms with Crippen molar-refractivity contribution in [3.8, 4) is 23.1 Å². The summed E-state index contributed by atoms with van der Waals surface area (Å²) in [5.41, 5.74) is 2.55. The number of hydrogen-bond acceptors (Lipinski definition) is 3. The van der Waals surface area contributed by atoms with E-state index in [4.69, 9.17) is 5.26 Å². The highest BCUT2D eigenvalue weighted by Crippen LogP contribution is 2.24. The first-order chi connectivity index (χ1) is 12.8. The fourth-order valence-corrected chi connectivity index (χ4v) is 2.79. The Morgan fingerprint density at radius 3 is 2.04 bits per heavy atom. The van der Waals surface area contributed by atoms with Crippen LogP contribution >= 0.6 is 0 Å². The van der Waals surface area contributed by atoms with Crippen LogP contribution in [0, 0.1) is 11.3 Å². The first-order valence-corrected chi connectivity index (χ1v) is 8.19. The van der Waals surface area contributed by atoms with Crippen LogP contribution in [0.3, 0.4) is 0 Å². The standard InChI is InChI=1S/C20H14N2O.C2H3N/c23-20-17-13-7-8-14-18(17)22(16-11-5-2-6-12-16)19(21-20)15-9-3-1-4-10-15;1-2-3/h1-14H;1H3. The summed E-state index contributed by atoms with van der Waals surface area (Å²) in [5.74, 6) is 0.653. The smallest absolute Gasteiger partial charge is 0.281 e. The largest absolute Gasteiger partial charge is 0.294 e. The Labute approximate surface area is 151 Å². The molecule has 0 fully saturated rings. The van der Waals surface area contributed by atoms with Crippen molar-refractivity contribution >= 4 is 10.9 Å². The summed E-state index contributed by atoms with van der Waals surface area (Å²) < 4.78 is 2.03. The lowest BCUT2D eigenvalue weighted by molar-refractivity contribution is 1.03. The molecule has 0 aliphatic rings. The second-order valence-corrected chi connectivity index (χ2v) is 5.52. The van der Waals surface area contributed by atoms with Crippen molar-refractivity contribution in [2.24, 2.45) is 0 Å². The number of benzene rings is 3. The number of aromatic nitrogens is 2. The van der Waals surface area contributed by atoms with Crippen LogP contribution in [-0.4, -0.2) is 9.55 Å². The Bertz CT molecular complexity index is 1110. The van der Waals surface area contributed by atoms with Gasteiger partial charge in [0.2, 0.25) is 0 Å². The van der Waals surface area contributed by atoms with E-state index in [9.17, 15) is 4.79 Å². The van der Waals surface area contributed by atoms with Crippen molar-refractivity contribution in [1.82, 2.24) is 9.55 Å². The van der Waals surface area contributed by atoms with E-state index in [-0.39, 0.29) is 5.56 Å². The van der Waals surface area contributed by atoms with E-state index in [2.05, 4.69) is 4.98 Å². The molecule has 126 valence electrons. The minimum Gasteiger partial charge on any atom is -0.294 e. The van der Waals surface area contributed by atoms with Crippen molar-refractivity contribution in [1.29, 1.82) is 5.26 Å². The highest BCUT2D eigenvalue weighted by Gasteiger charge is 2.13. The molecular formula is C22H17N3O. The van der Waals surface area contributed by atoms with Crippen molar-refractivity contribution < 1.29 is 0 Å². The normalized spacial score (nSPS) is 9.85. The van der Waals surface area contributed by atoms with Crippen molar-refractivity contribution in [2.75, 3.05) is 0 Å². The van der Waals surface area contributed by atoms with Gasteiger partial charge in [0, 0.05) is 18.2 Å². The van der Waals surface area contributed by atoms with Crippen molar-refractivity contribution in [3.63, 3.8) is 0 Å². The minimum atomic E-state index is -0.202. The molecule has 3 aromatic carbocycles. The van der Waals surface area contributed by atoms with Gasteiger partial charge in [-0.2, -0.15) is 10.2 Å². The van der Waals surface area contributed by atoms with Gasteiger partial charge >= 0.3 is 0 Å². The van der Waals surface area contributed by atoms with Crippen molar-refractivity contribution in [3.05, 3.63) is 95.3 Å². The van der Waals surface area contributed by atoms with Crippen LogP contribution in [-0.2, 0) is 0 Å². The average molecular weight is 339 g/mol. The third-order valence-corrected chi connectivity index (χ3v) is 3.84. The molecule has 0 saturated carbocycles. The molecule has 4 aromatic rings. The SMILES string of the molecule is CC#N.O=c1nc(-c2ccccc2)n(-c2ccccc2)c2ccccc12. The molecule has 26 heavy (non-hydrogen) atoms. The van der Waals surface area contributed by atoms with Gasteiger partial charge in [-0.25, -0.2) is 0 Å². The summed E-state index contributed by atoms with van der Waals surface area (Å²) in [6.07, 6.45) is 0. The van der Waals surface area contributed by atoms with Crippen LogP contribution in [0.5, 0.6) is 0 Å². The minimum absolute atomic E-state index is 0.202. The summed E-state index contributed by atoms with van der Waals surface area (Å²) in [5, 5.41) is 7.94. The van der Waals surface area contributed by atoms with Gasteiger partial charge in [-0.05, 0) is 24.3 Å². The third-order valence-electron chi connectivity index (χ3n) is 3.84. The number of para-hydroxylation sites is 2. The number of fused-ring (bicyclic) bond motifs is 1. The zero-order chi connectivity index (χ0) is 18.4. The first kappa shape index (κ1) is 17.1. The second kappa shape index (κ2) is 7.91. The molecule has 4 rings (SSSR count). The zero-order valence-electron chi connectivity index (χ0n) is 14.3. The Kier molecular flexibility index (Phi) is 5.21. The van der Waals surface area contributed by atoms with E-state index >= 15 is 0 Å². The van der Waals surface area contributed by atoms with E-state index in [1.165, 1.54) is 6.92 Å². The van der Waals surface area contributed by atoms with Gasteiger partial charge in [-0.15, -0.1) is 0 Å². The predicted molar refractivity (Wildman–Crippen MR) is 104 cm³/mol. The third kappa shape index (κ3) is 3.38. The maximum atomic E-state index is 12.4. The van der Waals surface area contributed by atoms with Crippen LogP contribution < -0.4 is 5.56 Å². The Morgan fingerprint density at radius 1 is 0.846 bits per heavy atom. The van der Waals surface area contributed by atoms with Gasteiger partial charge in [0.1, 0.15) is 5.82 Å². The summed E-state index contributed by atoms with van der Waals surface area (Å²) in [6.45, 7) is 1.43. The monoisotopic (exact) mass is 339 g/mol. The fraction of sp³-hybridized carbons (Fsp3) is 0.0455. The molecule has 0 saturated heterocycles. The number of hydrogen-bond donors (Lipinski definition) is 0. The maximum absolute atomic E-state index is 12.4. The van der Waals surface area contributed by atoms with Crippen LogP contribution in [0.1, 0.15) is 6.92 Å². The van der Waals surface area contributed by atoms with Gasteiger partial charge in [-0.1, -0.05) is 60.7 Å². The van der Waals surface area contributed by atoms with E-state index in [1.807, 2.05) is 89.5 Å². The van der Waals surface area contributed by atoms with Gasteiger partial charge < -0.3 is 0 Å². The Morgan fingerprint density at radius 2 is 1.38 bits per heavy atom. The molecule has 0 spiro atoms. The summed E-state index contributed by atoms with van der Waals surface area (Å²) >= 11 is 0. The molecule has 0 amide bonds. The van der Waals surface area contributed by atoms with Crippen LogP contribution in [0.15, 0.2) is 89.7 Å². The maximum Gasteiger partial charge on any atom is 0.281 e. The Balaban J connectivity index is 0.000000613. The van der Waals surface area contributed by atoms with Crippen LogP contribution in [0.2, 0.25) is 0 Å². The quantitative estimate of drug-likeness (QED) is 0.537. The summed E-state index contributed by atoms with van der Waals surface area (Å²) in [4.78, 5) is 16.8. The zero-order valence-corrected chi connectivity index (χ0v) is 14.3. The molecule has 0 radical (unpaired) electrons. The molecule has 0 N–H and O–H groups in total. The molecule has 0 atom stereocenters. The molecule has 0 aliphatic heterocycles. The lowest BCUT2D eigenvalue weighted by atomic mass is 10.1. The molecule has 0 aliphatic carbocycles. The van der Waals surface area contributed by atoms with Gasteiger partial charge in [0.25, 0.3) is 5.56 Å². The summed E-state index contributed by atoms with van der Waals surface area (Å²) in [6, 6.07) is 29.1. The topological polar surface area (TPSA) is 58.7 Å². The van der Waals surface area contributed by atoms with Crippen LogP contribution in [0.4, 0.5) is 0 Å². The van der Waals surface area contributed by atoms with Crippen molar-refractivity contribution in [2.45, 2.75) is 6.92 Å². The molecule has 0 bridgehead atoms. The Hall–Kier alpha value is -3.71.